The quantitative estimate of drug-likeness (QED) is 0.297. The molecule has 0 aliphatic carbocycles. The molecule has 0 aliphatic rings. The second kappa shape index (κ2) is 13.6. The van der Waals surface area contributed by atoms with Crippen molar-refractivity contribution in [3.63, 3.8) is 0 Å². The third-order valence-electron chi connectivity index (χ3n) is 5.45. The van der Waals surface area contributed by atoms with Gasteiger partial charge in [0.25, 0.3) is 0 Å². The van der Waals surface area contributed by atoms with Gasteiger partial charge in [0.15, 0.2) is 0 Å². The standard InChI is InChI=1S/C29H34ClNO5S/c1-29(2,3)36-28(33)31-23(19-32)12-7-11-22-15-16-26(18-27(22)30)37(34)25-14-8-13-24(17-25)35-20-21-9-5-4-6-10-21/h4-6,8-10,13-18,23,32H,7,11-12,19-20H2,1-3H3,(H,31,33). The Kier molecular flexibility index (Phi) is 10.6. The molecule has 0 bridgehead atoms. The number of rotatable bonds is 11. The van der Waals surface area contributed by atoms with Crippen LogP contribution >= 0.6 is 11.6 Å². The number of amides is 1. The second-order valence-electron chi connectivity index (χ2n) is 9.69. The Morgan fingerprint density at radius 2 is 1.76 bits per heavy atom. The lowest BCUT2D eigenvalue weighted by Gasteiger charge is -2.22. The molecule has 1 amide bonds. The summed E-state index contributed by atoms with van der Waals surface area (Å²) in [5, 5.41) is 12.8. The third kappa shape index (κ3) is 9.50. The van der Waals surface area contributed by atoms with Crippen LogP contribution in [0.15, 0.2) is 82.6 Å². The molecule has 0 aliphatic heterocycles. The van der Waals surface area contributed by atoms with Gasteiger partial charge in [-0.25, -0.2) is 9.00 Å². The molecule has 37 heavy (non-hydrogen) atoms. The number of benzene rings is 3. The zero-order valence-electron chi connectivity index (χ0n) is 21.4. The summed E-state index contributed by atoms with van der Waals surface area (Å²) in [7, 11) is -1.41. The van der Waals surface area contributed by atoms with Crippen LogP contribution in [0.3, 0.4) is 0 Å². The number of aryl methyl sites for hydroxylation is 1. The Labute approximate surface area is 226 Å². The van der Waals surface area contributed by atoms with Crippen LogP contribution in [-0.4, -0.2) is 33.7 Å². The normalized spacial score (nSPS) is 13.0. The first-order valence-corrected chi connectivity index (χ1v) is 13.7. The average Bonchev–Trinajstić information content (AvgIpc) is 2.87. The highest BCUT2D eigenvalue weighted by atomic mass is 35.5. The van der Waals surface area contributed by atoms with Gasteiger partial charge < -0.3 is 19.9 Å². The fourth-order valence-electron chi connectivity index (χ4n) is 3.62. The van der Waals surface area contributed by atoms with Crippen LogP contribution in [0.2, 0.25) is 5.02 Å². The number of alkyl carbamates (subject to hydrolysis) is 1. The predicted octanol–water partition coefficient (Wildman–Crippen LogP) is 6.29. The van der Waals surface area contributed by atoms with E-state index in [0.29, 0.717) is 46.4 Å². The second-order valence-corrected chi connectivity index (χ2v) is 11.6. The van der Waals surface area contributed by atoms with E-state index in [9.17, 15) is 14.1 Å². The van der Waals surface area contributed by atoms with Gasteiger partial charge in [-0.2, -0.15) is 0 Å². The minimum Gasteiger partial charge on any atom is -0.489 e. The maximum atomic E-state index is 13.2. The summed E-state index contributed by atoms with van der Waals surface area (Å²) in [5.74, 6) is 0.649. The van der Waals surface area contributed by atoms with Crippen molar-refractivity contribution in [2.75, 3.05) is 6.61 Å². The summed E-state index contributed by atoms with van der Waals surface area (Å²) in [5.41, 5.74) is 1.37. The smallest absolute Gasteiger partial charge is 0.407 e. The first-order chi connectivity index (χ1) is 17.6. The molecule has 0 fully saturated rings. The Hall–Kier alpha value is -2.87. The number of aliphatic hydroxyl groups excluding tert-OH is 1. The third-order valence-corrected chi connectivity index (χ3v) is 7.16. The van der Waals surface area contributed by atoms with E-state index >= 15 is 0 Å². The van der Waals surface area contributed by atoms with Crippen molar-refractivity contribution in [3.05, 3.63) is 88.9 Å². The van der Waals surface area contributed by atoms with Gasteiger partial charge in [0.05, 0.1) is 23.4 Å². The number of aliphatic hydroxyl groups is 1. The molecule has 0 heterocycles. The van der Waals surface area contributed by atoms with Crippen LogP contribution in [0.25, 0.3) is 0 Å². The van der Waals surface area contributed by atoms with Gasteiger partial charge in [-0.3, -0.25) is 0 Å². The molecule has 198 valence electrons. The SMILES string of the molecule is CC(C)(C)OC(=O)NC(CO)CCCc1ccc(S(=O)c2cccc(OCc3ccccc3)c2)cc1Cl. The maximum Gasteiger partial charge on any atom is 0.407 e. The molecule has 3 aromatic rings. The topological polar surface area (TPSA) is 84.9 Å². The fourth-order valence-corrected chi connectivity index (χ4v) is 5.08. The summed E-state index contributed by atoms with van der Waals surface area (Å²) in [4.78, 5) is 13.2. The number of ether oxygens (including phenoxy) is 2. The van der Waals surface area contributed by atoms with Gasteiger partial charge >= 0.3 is 6.09 Å². The van der Waals surface area contributed by atoms with Crippen LogP contribution in [0.4, 0.5) is 4.79 Å². The molecule has 0 saturated heterocycles. The van der Waals surface area contributed by atoms with Crippen LogP contribution in [0, 0.1) is 0 Å². The summed E-state index contributed by atoms with van der Waals surface area (Å²) >= 11 is 6.52. The van der Waals surface area contributed by atoms with E-state index in [1.807, 2.05) is 54.6 Å². The monoisotopic (exact) mass is 543 g/mol. The molecular formula is C29H34ClNO5S. The van der Waals surface area contributed by atoms with Crippen molar-refractivity contribution < 1.29 is 23.6 Å². The zero-order valence-corrected chi connectivity index (χ0v) is 23.0. The van der Waals surface area contributed by atoms with Crippen LogP contribution < -0.4 is 10.1 Å². The van der Waals surface area contributed by atoms with Crippen molar-refractivity contribution in [1.82, 2.24) is 5.32 Å². The van der Waals surface area contributed by atoms with E-state index in [2.05, 4.69) is 5.32 Å². The minimum absolute atomic E-state index is 0.182. The van der Waals surface area contributed by atoms with Crippen LogP contribution in [0.1, 0.15) is 44.7 Å². The molecule has 3 rings (SSSR count). The van der Waals surface area contributed by atoms with E-state index in [4.69, 9.17) is 21.1 Å². The molecule has 0 spiro atoms. The Morgan fingerprint density at radius 3 is 2.43 bits per heavy atom. The van der Waals surface area contributed by atoms with E-state index in [1.54, 1.807) is 39.0 Å². The summed E-state index contributed by atoms with van der Waals surface area (Å²) < 4.78 is 24.3. The van der Waals surface area contributed by atoms with E-state index in [0.717, 1.165) is 11.1 Å². The van der Waals surface area contributed by atoms with Gasteiger partial charge in [0, 0.05) is 14.8 Å². The number of hydrogen-bond donors (Lipinski definition) is 2. The molecule has 0 saturated carbocycles. The van der Waals surface area contributed by atoms with Crippen LogP contribution in [0.5, 0.6) is 5.75 Å². The molecule has 3 aromatic carbocycles. The van der Waals surface area contributed by atoms with E-state index in [-0.39, 0.29) is 6.61 Å². The van der Waals surface area contributed by atoms with Crippen molar-refractivity contribution in [1.29, 1.82) is 0 Å². The van der Waals surface area contributed by atoms with Gasteiger partial charge in [-0.1, -0.05) is 54.1 Å². The number of hydrogen-bond acceptors (Lipinski definition) is 5. The van der Waals surface area contributed by atoms with Crippen LogP contribution in [-0.2, 0) is 28.6 Å². The molecule has 8 heteroatoms. The largest absolute Gasteiger partial charge is 0.489 e. The number of carbonyl (C=O) groups excluding carboxylic acids is 1. The molecule has 6 nitrogen and oxygen atoms in total. The molecule has 0 aromatic heterocycles. The van der Waals surface area contributed by atoms with Gasteiger partial charge in [-0.05, 0) is 81.5 Å². The molecule has 2 N–H and O–H groups in total. The lowest BCUT2D eigenvalue weighted by Crippen LogP contribution is -2.41. The van der Waals surface area contributed by atoms with E-state index < -0.39 is 28.5 Å². The van der Waals surface area contributed by atoms with E-state index in [1.165, 1.54) is 0 Å². The highest BCUT2D eigenvalue weighted by molar-refractivity contribution is 7.85. The molecular weight excluding hydrogens is 510 g/mol. The van der Waals surface area contributed by atoms with Gasteiger partial charge in [0.2, 0.25) is 0 Å². The van der Waals surface area contributed by atoms with Gasteiger partial charge in [-0.15, -0.1) is 0 Å². The van der Waals surface area contributed by atoms with Crippen molar-refractivity contribution in [2.45, 2.75) is 68.1 Å². The Balaban J connectivity index is 1.56. The minimum atomic E-state index is -1.41. The van der Waals surface area contributed by atoms with Crippen molar-refractivity contribution in [3.8, 4) is 5.75 Å². The Morgan fingerprint density at radius 1 is 1.03 bits per heavy atom. The summed E-state index contributed by atoms with van der Waals surface area (Å²) in [6.07, 6.45) is 1.37. The Bertz CT molecular complexity index is 1200. The number of carbonyl (C=O) groups is 1. The first kappa shape index (κ1) is 28.7. The van der Waals surface area contributed by atoms with Gasteiger partial charge in [0.1, 0.15) is 18.0 Å². The van der Waals surface area contributed by atoms with Crippen molar-refractivity contribution in [2.24, 2.45) is 0 Å². The summed E-state index contributed by atoms with van der Waals surface area (Å²) in [6, 6.07) is 22.1. The average molecular weight is 544 g/mol. The lowest BCUT2D eigenvalue weighted by molar-refractivity contribution is 0.0478. The molecule has 2 unspecified atom stereocenters. The highest BCUT2D eigenvalue weighted by Gasteiger charge is 2.19. The van der Waals surface area contributed by atoms with Crippen molar-refractivity contribution >= 4 is 28.5 Å². The number of nitrogens with one attached hydrogen (secondary N) is 1. The first-order valence-electron chi connectivity index (χ1n) is 12.2. The molecule has 0 radical (unpaired) electrons. The number of halogens is 1. The maximum absolute atomic E-state index is 13.2. The zero-order chi connectivity index (χ0) is 26.8. The highest BCUT2D eigenvalue weighted by Crippen LogP contribution is 2.26. The fraction of sp³-hybridized carbons (Fsp3) is 0.345. The predicted molar refractivity (Wildman–Crippen MR) is 147 cm³/mol. The summed E-state index contributed by atoms with van der Waals surface area (Å²) in [6.45, 7) is 5.61. The lowest BCUT2D eigenvalue weighted by atomic mass is 10.0. The molecule has 2 atom stereocenters.